The summed E-state index contributed by atoms with van der Waals surface area (Å²) in [6, 6.07) is 6.00. The lowest BCUT2D eigenvalue weighted by molar-refractivity contribution is 0.209. The molecule has 6 heteroatoms. The van der Waals surface area contributed by atoms with Crippen LogP contribution < -0.4 is 10.5 Å². The standard InChI is InChI=1S/C15H18N4OS/c1-20-13-3-2-11(8-12(13)15(16)21)9-18-6-7-19-5-4-17-14(19)10-18/h2-5,8H,6-7,9-10H2,1H3,(H2,16,21). The molecule has 0 saturated heterocycles. The summed E-state index contributed by atoms with van der Waals surface area (Å²) in [5, 5.41) is 0. The van der Waals surface area contributed by atoms with Crippen LogP contribution in [0, 0.1) is 0 Å². The largest absolute Gasteiger partial charge is 0.496 e. The van der Waals surface area contributed by atoms with E-state index in [0.29, 0.717) is 4.99 Å². The number of methoxy groups -OCH3 is 1. The zero-order valence-electron chi connectivity index (χ0n) is 12.0. The zero-order chi connectivity index (χ0) is 14.8. The number of thiocarbonyl (C=S) groups is 1. The van der Waals surface area contributed by atoms with E-state index < -0.39 is 0 Å². The van der Waals surface area contributed by atoms with Gasteiger partial charge in [-0.2, -0.15) is 0 Å². The number of ether oxygens (including phenoxy) is 1. The first-order valence-electron chi connectivity index (χ1n) is 6.86. The molecule has 1 aromatic carbocycles. The highest BCUT2D eigenvalue weighted by Crippen LogP contribution is 2.22. The normalized spacial score (nSPS) is 14.7. The maximum absolute atomic E-state index is 5.77. The van der Waals surface area contributed by atoms with Crippen molar-refractivity contribution >= 4 is 17.2 Å². The van der Waals surface area contributed by atoms with E-state index in [-0.39, 0.29) is 0 Å². The van der Waals surface area contributed by atoms with Crippen molar-refractivity contribution in [1.29, 1.82) is 0 Å². The minimum Gasteiger partial charge on any atom is -0.496 e. The van der Waals surface area contributed by atoms with E-state index in [9.17, 15) is 0 Å². The summed E-state index contributed by atoms with van der Waals surface area (Å²) in [6.07, 6.45) is 3.89. The van der Waals surface area contributed by atoms with Crippen LogP contribution in [0.4, 0.5) is 0 Å². The smallest absolute Gasteiger partial charge is 0.129 e. The highest BCUT2D eigenvalue weighted by atomic mass is 32.1. The van der Waals surface area contributed by atoms with Crippen molar-refractivity contribution in [2.45, 2.75) is 19.6 Å². The number of fused-ring (bicyclic) bond motifs is 1. The van der Waals surface area contributed by atoms with Gasteiger partial charge in [-0.25, -0.2) is 4.98 Å². The summed E-state index contributed by atoms with van der Waals surface area (Å²) < 4.78 is 7.49. The van der Waals surface area contributed by atoms with Crippen LogP contribution in [0.1, 0.15) is 17.0 Å². The molecule has 0 bridgehead atoms. The maximum Gasteiger partial charge on any atom is 0.129 e. The van der Waals surface area contributed by atoms with E-state index in [2.05, 4.69) is 20.5 Å². The van der Waals surface area contributed by atoms with E-state index in [4.69, 9.17) is 22.7 Å². The molecule has 0 amide bonds. The van der Waals surface area contributed by atoms with Crippen LogP contribution in [0.3, 0.4) is 0 Å². The van der Waals surface area contributed by atoms with Gasteiger partial charge in [0.25, 0.3) is 0 Å². The lowest BCUT2D eigenvalue weighted by Gasteiger charge is -2.27. The predicted octanol–water partition coefficient (Wildman–Crippen LogP) is 1.54. The number of benzene rings is 1. The number of nitrogens with two attached hydrogens (primary N) is 1. The Labute approximate surface area is 129 Å². The van der Waals surface area contributed by atoms with Gasteiger partial charge in [0.1, 0.15) is 16.6 Å². The molecule has 5 nitrogen and oxygen atoms in total. The topological polar surface area (TPSA) is 56.3 Å². The van der Waals surface area contributed by atoms with Crippen LogP contribution >= 0.6 is 12.2 Å². The Morgan fingerprint density at radius 3 is 3.05 bits per heavy atom. The second-order valence-corrected chi connectivity index (χ2v) is 5.59. The third kappa shape index (κ3) is 2.91. The number of nitrogens with zero attached hydrogens (tertiary/aromatic N) is 3. The van der Waals surface area contributed by atoms with Gasteiger partial charge in [0.15, 0.2) is 0 Å². The van der Waals surface area contributed by atoms with Crippen molar-refractivity contribution in [3.63, 3.8) is 0 Å². The quantitative estimate of drug-likeness (QED) is 0.868. The number of aromatic nitrogens is 2. The number of imidazole rings is 1. The summed E-state index contributed by atoms with van der Waals surface area (Å²) in [5.74, 6) is 1.84. The van der Waals surface area contributed by atoms with Crippen molar-refractivity contribution in [3.05, 3.63) is 47.5 Å². The minimum absolute atomic E-state index is 0.364. The first-order valence-corrected chi connectivity index (χ1v) is 7.27. The molecular formula is C15H18N4OS. The zero-order valence-corrected chi connectivity index (χ0v) is 12.8. The Morgan fingerprint density at radius 2 is 2.29 bits per heavy atom. The van der Waals surface area contributed by atoms with E-state index in [1.165, 1.54) is 5.56 Å². The molecule has 0 fully saturated rings. The average molecular weight is 302 g/mol. The van der Waals surface area contributed by atoms with Crippen molar-refractivity contribution in [1.82, 2.24) is 14.5 Å². The molecule has 110 valence electrons. The van der Waals surface area contributed by atoms with Gasteiger partial charge in [0.2, 0.25) is 0 Å². The summed E-state index contributed by atoms with van der Waals surface area (Å²) in [7, 11) is 1.63. The Hall–Kier alpha value is -1.92. The first kappa shape index (κ1) is 14.0. The number of hydrogen-bond acceptors (Lipinski definition) is 4. The fourth-order valence-corrected chi connectivity index (χ4v) is 2.82. The van der Waals surface area contributed by atoms with Crippen molar-refractivity contribution in [2.75, 3.05) is 13.7 Å². The highest BCUT2D eigenvalue weighted by molar-refractivity contribution is 7.80. The van der Waals surface area contributed by atoms with Gasteiger partial charge in [-0.15, -0.1) is 0 Å². The predicted molar refractivity (Wildman–Crippen MR) is 85.2 cm³/mol. The van der Waals surface area contributed by atoms with Crippen LogP contribution in [0.25, 0.3) is 0 Å². The molecule has 0 atom stereocenters. The van der Waals surface area contributed by atoms with Crippen molar-refractivity contribution in [3.8, 4) is 5.75 Å². The molecule has 0 aliphatic carbocycles. The Morgan fingerprint density at radius 1 is 1.43 bits per heavy atom. The molecule has 2 aromatic rings. The number of hydrogen-bond donors (Lipinski definition) is 1. The molecule has 1 aromatic heterocycles. The van der Waals surface area contributed by atoms with Crippen LogP contribution in [0.5, 0.6) is 5.75 Å². The van der Waals surface area contributed by atoms with Gasteiger partial charge in [0.05, 0.1) is 19.2 Å². The Balaban J connectivity index is 1.77. The lowest BCUT2D eigenvalue weighted by atomic mass is 10.1. The molecular weight excluding hydrogens is 284 g/mol. The maximum atomic E-state index is 5.77. The van der Waals surface area contributed by atoms with Crippen LogP contribution in [-0.2, 0) is 19.6 Å². The second kappa shape index (κ2) is 5.83. The van der Waals surface area contributed by atoms with Crippen LogP contribution in [0.2, 0.25) is 0 Å². The summed E-state index contributed by atoms with van der Waals surface area (Å²) in [6.45, 7) is 3.71. The highest BCUT2D eigenvalue weighted by Gasteiger charge is 2.17. The Kier molecular flexibility index (Phi) is 3.90. The molecule has 0 spiro atoms. The van der Waals surface area contributed by atoms with Gasteiger partial charge in [0, 0.05) is 32.0 Å². The molecule has 0 unspecified atom stereocenters. The van der Waals surface area contributed by atoms with Gasteiger partial charge in [-0.3, -0.25) is 4.90 Å². The molecule has 0 radical (unpaired) electrons. The fourth-order valence-electron chi connectivity index (χ4n) is 2.66. The monoisotopic (exact) mass is 302 g/mol. The van der Waals surface area contributed by atoms with E-state index >= 15 is 0 Å². The van der Waals surface area contributed by atoms with E-state index in [1.54, 1.807) is 7.11 Å². The average Bonchev–Trinajstić information content (AvgIpc) is 2.94. The molecule has 0 saturated carbocycles. The van der Waals surface area contributed by atoms with Crippen LogP contribution in [-0.4, -0.2) is 33.1 Å². The third-order valence-electron chi connectivity index (χ3n) is 3.76. The molecule has 2 heterocycles. The molecule has 3 rings (SSSR count). The molecule has 1 aliphatic heterocycles. The molecule has 2 N–H and O–H groups in total. The first-order chi connectivity index (χ1) is 10.2. The van der Waals surface area contributed by atoms with Gasteiger partial charge < -0.3 is 15.0 Å². The molecule has 21 heavy (non-hydrogen) atoms. The summed E-state index contributed by atoms with van der Waals surface area (Å²) in [5.41, 5.74) is 7.74. The van der Waals surface area contributed by atoms with Gasteiger partial charge >= 0.3 is 0 Å². The van der Waals surface area contributed by atoms with Crippen molar-refractivity contribution in [2.24, 2.45) is 5.73 Å². The second-order valence-electron chi connectivity index (χ2n) is 5.15. The van der Waals surface area contributed by atoms with Gasteiger partial charge in [-0.1, -0.05) is 18.3 Å². The van der Waals surface area contributed by atoms with E-state index in [1.807, 2.05) is 24.5 Å². The van der Waals surface area contributed by atoms with Crippen LogP contribution in [0.15, 0.2) is 30.6 Å². The Bertz CT molecular complexity index is 667. The number of rotatable bonds is 4. The SMILES string of the molecule is COc1ccc(CN2CCn3ccnc3C2)cc1C(N)=S. The summed E-state index contributed by atoms with van der Waals surface area (Å²) >= 11 is 5.09. The van der Waals surface area contributed by atoms with Crippen molar-refractivity contribution < 1.29 is 4.74 Å². The summed E-state index contributed by atoms with van der Waals surface area (Å²) in [4.78, 5) is 7.11. The lowest BCUT2D eigenvalue weighted by Crippen LogP contribution is -2.33. The third-order valence-corrected chi connectivity index (χ3v) is 3.98. The minimum atomic E-state index is 0.364. The fraction of sp³-hybridized carbons (Fsp3) is 0.333. The van der Waals surface area contributed by atoms with Gasteiger partial charge in [-0.05, 0) is 17.7 Å². The van der Waals surface area contributed by atoms with E-state index in [0.717, 1.165) is 43.3 Å². The molecule has 1 aliphatic rings.